The van der Waals surface area contributed by atoms with Crippen LogP contribution in [-0.4, -0.2) is 0 Å². The Bertz CT molecular complexity index is 2890. The normalized spacial score (nSPS) is 14.8. The molecule has 0 saturated carbocycles. The van der Waals surface area contributed by atoms with Gasteiger partial charge in [-0.25, -0.2) is 0 Å². The number of ether oxygens (including phenoxy) is 1. The van der Waals surface area contributed by atoms with E-state index in [0.29, 0.717) is 0 Å². The first-order chi connectivity index (χ1) is 27.3. The molecule has 1 atom stereocenters. The fraction of sp³-hybridized carbons (Fsp3) is 0.0189. The van der Waals surface area contributed by atoms with Gasteiger partial charge in [-0.2, -0.15) is 0 Å². The molecule has 55 heavy (non-hydrogen) atoms. The number of anilines is 3. The molecule has 1 spiro atoms. The van der Waals surface area contributed by atoms with Gasteiger partial charge in [0.2, 0.25) is 0 Å². The van der Waals surface area contributed by atoms with Crippen molar-refractivity contribution in [1.82, 2.24) is 0 Å². The number of fused-ring (bicyclic) bond motifs is 10. The molecule has 2 heteroatoms. The van der Waals surface area contributed by atoms with Crippen molar-refractivity contribution in [2.24, 2.45) is 0 Å². The van der Waals surface area contributed by atoms with E-state index in [9.17, 15) is 0 Å². The number of nitrogens with zero attached hydrogens (tertiary/aromatic N) is 1. The van der Waals surface area contributed by atoms with Gasteiger partial charge in [0.1, 0.15) is 11.5 Å². The molecule has 11 rings (SSSR count). The molecule has 2 aliphatic rings. The summed E-state index contributed by atoms with van der Waals surface area (Å²) in [6, 6.07) is 76.8. The maximum absolute atomic E-state index is 6.92. The van der Waals surface area contributed by atoms with Crippen molar-refractivity contribution in [2.75, 3.05) is 4.90 Å². The van der Waals surface area contributed by atoms with Crippen molar-refractivity contribution in [3.63, 3.8) is 0 Å². The summed E-state index contributed by atoms with van der Waals surface area (Å²) in [6.45, 7) is 0. The average Bonchev–Trinajstić information content (AvgIpc) is 3.54. The zero-order chi connectivity index (χ0) is 36.3. The summed E-state index contributed by atoms with van der Waals surface area (Å²) in [5, 5.41) is 2.46. The fourth-order valence-corrected chi connectivity index (χ4v) is 9.13. The molecule has 0 fully saturated rings. The van der Waals surface area contributed by atoms with E-state index >= 15 is 0 Å². The minimum Gasteiger partial charge on any atom is -0.457 e. The highest BCUT2D eigenvalue weighted by Gasteiger charge is 2.51. The highest BCUT2D eigenvalue weighted by Crippen LogP contribution is 2.63. The van der Waals surface area contributed by atoms with Gasteiger partial charge in [-0.05, 0) is 104 Å². The van der Waals surface area contributed by atoms with Crippen LogP contribution in [0.25, 0.3) is 44.2 Å². The lowest BCUT2D eigenvalue weighted by atomic mass is 9.66. The topological polar surface area (TPSA) is 12.5 Å². The summed E-state index contributed by atoms with van der Waals surface area (Å²) in [7, 11) is 0. The quantitative estimate of drug-likeness (QED) is 0.177. The van der Waals surface area contributed by atoms with E-state index in [-0.39, 0.29) is 0 Å². The molecule has 1 aliphatic carbocycles. The Morgan fingerprint density at radius 3 is 1.76 bits per heavy atom. The third-order valence-electron chi connectivity index (χ3n) is 11.5. The summed E-state index contributed by atoms with van der Waals surface area (Å²) in [4.78, 5) is 2.38. The molecule has 9 aromatic carbocycles. The molecule has 0 saturated heterocycles. The van der Waals surface area contributed by atoms with Crippen molar-refractivity contribution in [2.45, 2.75) is 5.41 Å². The van der Waals surface area contributed by atoms with Gasteiger partial charge in [0.15, 0.2) is 0 Å². The monoisotopic (exact) mass is 701 g/mol. The average molecular weight is 702 g/mol. The molecule has 0 amide bonds. The predicted molar refractivity (Wildman–Crippen MR) is 227 cm³/mol. The van der Waals surface area contributed by atoms with Gasteiger partial charge in [-0.3, -0.25) is 0 Å². The van der Waals surface area contributed by atoms with Crippen LogP contribution in [0.2, 0.25) is 0 Å². The Morgan fingerprint density at radius 1 is 0.327 bits per heavy atom. The van der Waals surface area contributed by atoms with E-state index in [1.165, 1.54) is 49.7 Å². The summed E-state index contributed by atoms with van der Waals surface area (Å²) >= 11 is 0. The van der Waals surface area contributed by atoms with Gasteiger partial charge < -0.3 is 9.64 Å². The maximum atomic E-state index is 6.92. The van der Waals surface area contributed by atoms with Crippen LogP contribution in [-0.2, 0) is 5.41 Å². The van der Waals surface area contributed by atoms with E-state index in [2.05, 4.69) is 217 Å². The first kappa shape index (κ1) is 31.4. The van der Waals surface area contributed by atoms with E-state index in [1.54, 1.807) is 0 Å². The van der Waals surface area contributed by atoms with Crippen LogP contribution < -0.4 is 9.64 Å². The highest BCUT2D eigenvalue weighted by molar-refractivity contribution is 5.98. The molecule has 258 valence electrons. The van der Waals surface area contributed by atoms with Gasteiger partial charge in [0.05, 0.1) is 5.41 Å². The Hall–Kier alpha value is -7.16. The molecule has 2 nitrogen and oxygen atoms in total. The number of rotatable bonds is 5. The zero-order valence-electron chi connectivity index (χ0n) is 30.1. The van der Waals surface area contributed by atoms with E-state index in [4.69, 9.17) is 4.74 Å². The second-order valence-corrected chi connectivity index (χ2v) is 14.4. The van der Waals surface area contributed by atoms with Gasteiger partial charge in [0, 0.05) is 28.2 Å². The Morgan fingerprint density at radius 2 is 0.909 bits per heavy atom. The van der Waals surface area contributed by atoms with Crippen molar-refractivity contribution >= 4 is 27.8 Å². The molecular weight excluding hydrogens is 667 g/mol. The van der Waals surface area contributed by atoms with Crippen molar-refractivity contribution in [3.05, 3.63) is 235 Å². The summed E-state index contributed by atoms with van der Waals surface area (Å²) in [6.07, 6.45) is 0. The molecule has 0 bridgehead atoms. The molecular formula is C53H35NO. The van der Waals surface area contributed by atoms with E-state index in [0.717, 1.165) is 45.3 Å². The smallest absolute Gasteiger partial charge is 0.132 e. The van der Waals surface area contributed by atoms with Gasteiger partial charge in [0.25, 0.3) is 0 Å². The number of benzene rings is 9. The van der Waals surface area contributed by atoms with Crippen LogP contribution in [0.15, 0.2) is 212 Å². The predicted octanol–water partition coefficient (Wildman–Crippen LogP) is 14.1. The zero-order valence-corrected chi connectivity index (χ0v) is 30.1. The molecule has 1 unspecified atom stereocenters. The lowest BCUT2D eigenvalue weighted by molar-refractivity contribution is 0.436. The Balaban J connectivity index is 1.14. The number of hydrogen-bond donors (Lipinski definition) is 0. The van der Waals surface area contributed by atoms with Crippen LogP contribution in [0.3, 0.4) is 0 Å². The van der Waals surface area contributed by atoms with Gasteiger partial charge >= 0.3 is 0 Å². The third-order valence-corrected chi connectivity index (χ3v) is 11.5. The summed E-state index contributed by atoms with van der Waals surface area (Å²) < 4.78 is 6.92. The van der Waals surface area contributed by atoms with E-state index in [1.807, 2.05) is 0 Å². The molecule has 9 aromatic rings. The van der Waals surface area contributed by atoms with Crippen LogP contribution in [0.5, 0.6) is 11.5 Å². The first-order valence-electron chi connectivity index (χ1n) is 18.9. The second kappa shape index (κ2) is 12.5. The SMILES string of the molecule is c1ccc(-c2ccc(N(c3ccccc3)c3ccc4c(c3)C3(c5ccccc5Oc5cc(-c6cccc7ccccc67)ccc53)c3ccccc3-4)cc2)cc1. The first-order valence-corrected chi connectivity index (χ1v) is 18.9. The lowest BCUT2D eigenvalue weighted by Crippen LogP contribution is -2.32. The van der Waals surface area contributed by atoms with Crippen LogP contribution in [0.1, 0.15) is 22.3 Å². The molecule has 0 N–H and O–H groups in total. The minimum atomic E-state index is -0.594. The largest absolute Gasteiger partial charge is 0.457 e. The van der Waals surface area contributed by atoms with Crippen molar-refractivity contribution < 1.29 is 4.74 Å². The molecule has 1 aliphatic heterocycles. The molecule has 1 heterocycles. The van der Waals surface area contributed by atoms with Gasteiger partial charge in [-0.15, -0.1) is 0 Å². The minimum absolute atomic E-state index is 0.594. The highest BCUT2D eigenvalue weighted by atomic mass is 16.5. The lowest BCUT2D eigenvalue weighted by Gasteiger charge is -2.40. The second-order valence-electron chi connectivity index (χ2n) is 14.4. The fourth-order valence-electron chi connectivity index (χ4n) is 9.13. The van der Waals surface area contributed by atoms with Crippen molar-refractivity contribution in [3.8, 4) is 44.9 Å². The van der Waals surface area contributed by atoms with Gasteiger partial charge in [-0.1, -0.05) is 164 Å². The molecule has 0 aromatic heterocycles. The van der Waals surface area contributed by atoms with E-state index < -0.39 is 5.41 Å². The summed E-state index contributed by atoms with van der Waals surface area (Å²) in [5.41, 5.74) is 14.8. The van der Waals surface area contributed by atoms with Crippen LogP contribution in [0, 0.1) is 0 Å². The number of para-hydroxylation sites is 2. The standard InChI is InChI=1S/C53H35NO/c1-3-14-36(15-4-1)37-26-29-41(30-27-37)54(40-18-5-2-6-19-40)42-31-32-46-45-21-9-10-23-47(45)53(50(46)35-42)48-24-11-12-25-51(48)55-52-34-39(28-33-49(52)53)44-22-13-17-38-16-7-8-20-43(38)44/h1-35H. The summed E-state index contributed by atoms with van der Waals surface area (Å²) in [5.74, 6) is 1.77. The Kier molecular flexibility index (Phi) is 7.11. The molecule has 0 radical (unpaired) electrons. The number of hydrogen-bond acceptors (Lipinski definition) is 2. The van der Waals surface area contributed by atoms with Crippen LogP contribution in [0.4, 0.5) is 17.1 Å². The maximum Gasteiger partial charge on any atom is 0.132 e. The van der Waals surface area contributed by atoms with Crippen LogP contribution >= 0.6 is 0 Å². The van der Waals surface area contributed by atoms with Crippen molar-refractivity contribution in [1.29, 1.82) is 0 Å². The Labute approximate surface area is 321 Å². The third kappa shape index (κ3) is 4.82.